The summed E-state index contributed by atoms with van der Waals surface area (Å²) in [6.45, 7) is 0. The molecule has 7 aromatic rings. The van der Waals surface area contributed by atoms with Gasteiger partial charge in [0.25, 0.3) is 0 Å². The molecule has 6 aromatic carbocycles. The zero-order chi connectivity index (χ0) is 29.0. The maximum atomic E-state index is 4.14. The fraction of sp³-hybridized carbons (Fsp3) is 0. The van der Waals surface area contributed by atoms with E-state index < -0.39 is 0 Å². The van der Waals surface area contributed by atoms with Gasteiger partial charge in [-0.25, -0.2) is 0 Å². The Kier molecular flexibility index (Phi) is 7.13. The summed E-state index contributed by atoms with van der Waals surface area (Å²) < 4.78 is 1.91. The predicted octanol–water partition coefficient (Wildman–Crippen LogP) is 10.6. The van der Waals surface area contributed by atoms with Crippen LogP contribution in [0.25, 0.3) is 66.9 Å². The molecule has 0 unspecified atom stereocenters. The molecular weight excluding hydrogens is 518 g/mol. The Hall–Kier alpha value is -5.66. The van der Waals surface area contributed by atoms with E-state index in [4.69, 9.17) is 0 Å². The Labute approximate surface area is 254 Å². The second-order valence-electron chi connectivity index (χ2n) is 10.8. The minimum absolute atomic E-state index is 1.09. The van der Waals surface area contributed by atoms with Gasteiger partial charge in [0, 0.05) is 7.05 Å². The van der Waals surface area contributed by atoms with E-state index in [1.807, 2.05) is 16.8 Å². The molecular formula is C42H31N. The second kappa shape index (κ2) is 11.7. The highest BCUT2D eigenvalue weighted by molar-refractivity contribution is 5.81. The topological polar surface area (TPSA) is 3.88 Å². The molecule has 0 atom stereocenters. The van der Waals surface area contributed by atoms with Gasteiger partial charge >= 0.3 is 0 Å². The first kappa shape index (κ1) is 26.3. The van der Waals surface area contributed by atoms with E-state index in [2.05, 4.69) is 171 Å². The summed E-state index contributed by atoms with van der Waals surface area (Å²) in [7, 11) is 4.14. The van der Waals surface area contributed by atoms with Crippen LogP contribution in [-0.4, -0.2) is 0 Å². The zero-order valence-corrected chi connectivity index (χ0v) is 23.9. The Morgan fingerprint density at radius 1 is 0.279 bits per heavy atom. The van der Waals surface area contributed by atoms with Gasteiger partial charge in [0.15, 0.2) is 0 Å². The lowest BCUT2D eigenvalue weighted by molar-refractivity contribution is -0.600. The smallest absolute Gasteiger partial charge is 0.112 e. The van der Waals surface area contributed by atoms with Gasteiger partial charge in [-0.2, -0.15) is 0 Å². The third-order valence-corrected chi connectivity index (χ3v) is 7.99. The molecule has 0 spiro atoms. The average molecular weight is 550 g/mol. The monoisotopic (exact) mass is 549 g/mol. The van der Waals surface area contributed by atoms with Crippen LogP contribution < -0.4 is 4.57 Å². The largest absolute Gasteiger partial charge is 0.333 e. The van der Waals surface area contributed by atoms with Gasteiger partial charge in [-0.3, -0.25) is 0 Å². The summed E-state index contributed by atoms with van der Waals surface area (Å²) in [5.74, 6) is 0. The van der Waals surface area contributed by atoms with Gasteiger partial charge in [-0.1, -0.05) is 140 Å². The first-order chi connectivity index (χ1) is 21.2. The molecule has 0 aliphatic heterocycles. The second-order valence-corrected chi connectivity index (χ2v) is 10.8. The highest BCUT2D eigenvalue weighted by Gasteiger charge is 2.08. The minimum Gasteiger partial charge on any atom is -0.333 e. The van der Waals surface area contributed by atoms with Crippen LogP contribution in [0.3, 0.4) is 0 Å². The molecule has 0 N–H and O–H groups in total. The summed E-state index contributed by atoms with van der Waals surface area (Å²) in [6, 6.07) is 60.7. The van der Waals surface area contributed by atoms with Gasteiger partial charge in [-0.15, -0.1) is 0 Å². The van der Waals surface area contributed by atoms with Crippen molar-refractivity contribution in [2.45, 2.75) is 0 Å². The Bertz CT molecular complexity index is 2040. The van der Waals surface area contributed by atoms with Gasteiger partial charge < -0.3 is 4.57 Å². The van der Waals surface area contributed by atoms with Crippen molar-refractivity contribution in [3.8, 4) is 66.9 Å². The molecule has 0 amide bonds. The number of benzene rings is 6. The minimum atomic E-state index is 1.09. The Balaban J connectivity index is 1.20. The lowest BCUT2D eigenvalue weighted by atomic mass is 9.94. The first-order valence-corrected chi connectivity index (χ1v) is 14.6. The Morgan fingerprint density at radius 3 is 0.977 bits per heavy atom. The maximum absolute atomic E-state index is 4.14. The zero-order valence-electron chi connectivity index (χ0n) is 23.9. The van der Waals surface area contributed by atoms with Crippen molar-refractivity contribution in [2.75, 3.05) is 0 Å². The fourth-order valence-electron chi connectivity index (χ4n) is 5.74. The molecule has 0 aliphatic rings. The average Bonchev–Trinajstić information content (AvgIpc) is 3.09. The van der Waals surface area contributed by atoms with Gasteiger partial charge in [-0.05, 0) is 91.5 Å². The fourth-order valence-corrected chi connectivity index (χ4v) is 5.74. The van der Waals surface area contributed by atoms with E-state index in [9.17, 15) is 0 Å². The summed E-state index contributed by atoms with van der Waals surface area (Å²) in [5, 5.41) is 0. The molecule has 1 aromatic heterocycles. The highest BCUT2D eigenvalue weighted by Crippen LogP contribution is 2.33. The summed E-state index contributed by atoms with van der Waals surface area (Å²) in [4.78, 5) is 0. The standard InChI is InChI=1S/C42H31N/c1-43-25-6-5-24-42(43)41-23-11-22-40(30-41)39-21-10-20-38(29-39)37-19-9-18-36(28-37)35-17-8-16-34(27-35)33-15-7-14-32(26-33)31-12-3-2-4-13-31/h2-30H,1H2. The van der Waals surface area contributed by atoms with Crippen LogP contribution in [-0.2, 0) is 0 Å². The first-order valence-electron chi connectivity index (χ1n) is 14.6. The van der Waals surface area contributed by atoms with Crippen molar-refractivity contribution >= 4 is 0 Å². The van der Waals surface area contributed by atoms with Gasteiger partial charge in [0.1, 0.15) is 5.69 Å². The normalized spacial score (nSPS) is 10.9. The maximum Gasteiger partial charge on any atom is 0.112 e. The number of hydrogen-bond acceptors (Lipinski definition) is 0. The van der Waals surface area contributed by atoms with E-state index in [-0.39, 0.29) is 0 Å². The lowest BCUT2D eigenvalue weighted by Crippen LogP contribution is -2.27. The lowest BCUT2D eigenvalue weighted by Gasteiger charge is -2.12. The molecule has 1 heterocycles. The molecule has 1 heteroatoms. The molecule has 43 heavy (non-hydrogen) atoms. The van der Waals surface area contributed by atoms with Crippen molar-refractivity contribution in [3.05, 3.63) is 183 Å². The van der Waals surface area contributed by atoms with Crippen LogP contribution in [0.1, 0.15) is 0 Å². The van der Waals surface area contributed by atoms with E-state index in [1.165, 1.54) is 55.6 Å². The van der Waals surface area contributed by atoms with E-state index >= 15 is 0 Å². The van der Waals surface area contributed by atoms with Crippen LogP contribution >= 0.6 is 0 Å². The van der Waals surface area contributed by atoms with Crippen LogP contribution in [0.15, 0.2) is 176 Å². The van der Waals surface area contributed by atoms with Crippen LogP contribution in [0.5, 0.6) is 0 Å². The molecule has 204 valence electrons. The molecule has 0 bridgehead atoms. The summed E-state index contributed by atoms with van der Waals surface area (Å²) in [6.07, 6.45) is 1.98. The SMILES string of the molecule is [CH2-][n+]1ccccc1-c1cccc(-c2cccc(-c3cccc(-c4cccc(-c5cccc(-c6ccccc6)c5)c4)c3)c2)c1. The van der Waals surface area contributed by atoms with Crippen molar-refractivity contribution in [3.63, 3.8) is 0 Å². The van der Waals surface area contributed by atoms with Crippen LogP contribution in [0.2, 0.25) is 0 Å². The highest BCUT2D eigenvalue weighted by atomic mass is 14.9. The molecule has 0 radical (unpaired) electrons. The molecule has 1 nitrogen and oxygen atoms in total. The molecule has 0 aliphatic carbocycles. The van der Waals surface area contributed by atoms with Gasteiger partial charge in [0.2, 0.25) is 0 Å². The summed E-state index contributed by atoms with van der Waals surface area (Å²) >= 11 is 0. The third kappa shape index (κ3) is 5.62. The molecule has 7 rings (SSSR count). The summed E-state index contributed by atoms with van der Waals surface area (Å²) in [5.41, 5.74) is 14.3. The predicted molar refractivity (Wildman–Crippen MR) is 180 cm³/mol. The van der Waals surface area contributed by atoms with Crippen LogP contribution in [0.4, 0.5) is 0 Å². The Morgan fingerprint density at radius 2 is 0.581 bits per heavy atom. The van der Waals surface area contributed by atoms with Crippen molar-refractivity contribution in [1.82, 2.24) is 0 Å². The molecule has 0 saturated carbocycles. The van der Waals surface area contributed by atoms with Crippen molar-refractivity contribution < 1.29 is 4.57 Å². The van der Waals surface area contributed by atoms with E-state index in [0.717, 1.165) is 11.3 Å². The molecule has 0 fully saturated rings. The third-order valence-electron chi connectivity index (χ3n) is 7.99. The number of rotatable bonds is 6. The van der Waals surface area contributed by atoms with Crippen LogP contribution in [0, 0.1) is 7.05 Å². The number of hydrogen-bond donors (Lipinski definition) is 0. The number of pyridine rings is 1. The van der Waals surface area contributed by atoms with E-state index in [0.29, 0.717) is 0 Å². The quantitative estimate of drug-likeness (QED) is 0.143. The van der Waals surface area contributed by atoms with Crippen molar-refractivity contribution in [2.24, 2.45) is 0 Å². The van der Waals surface area contributed by atoms with E-state index in [1.54, 1.807) is 0 Å². The number of nitrogens with zero attached hydrogens (tertiary/aromatic N) is 1. The van der Waals surface area contributed by atoms with Gasteiger partial charge in [0.05, 0.1) is 6.20 Å². The van der Waals surface area contributed by atoms with Crippen molar-refractivity contribution in [1.29, 1.82) is 0 Å². The number of aromatic nitrogens is 1. The molecule has 0 saturated heterocycles.